The average Bonchev–Trinajstić information content (AvgIpc) is 3.14. The summed E-state index contributed by atoms with van der Waals surface area (Å²) in [7, 11) is 0. The van der Waals surface area contributed by atoms with Gasteiger partial charge < -0.3 is 9.64 Å². The lowest BCUT2D eigenvalue weighted by Gasteiger charge is -2.58. The predicted octanol–water partition coefficient (Wildman–Crippen LogP) is 6.51. The Morgan fingerprint density at radius 2 is 1.60 bits per heavy atom. The Morgan fingerprint density at radius 3 is 2.38 bits per heavy atom. The van der Waals surface area contributed by atoms with Crippen molar-refractivity contribution in [1.29, 1.82) is 0 Å². The van der Waals surface area contributed by atoms with Gasteiger partial charge in [0, 0.05) is 29.0 Å². The summed E-state index contributed by atoms with van der Waals surface area (Å²) in [6, 6.07) is 28.6. The summed E-state index contributed by atoms with van der Waals surface area (Å²) >= 11 is 1.86. The molecule has 42 heavy (non-hydrogen) atoms. The smallest absolute Gasteiger partial charge is 0.278 e. The van der Waals surface area contributed by atoms with E-state index >= 15 is 0 Å². The van der Waals surface area contributed by atoms with Crippen molar-refractivity contribution < 1.29 is 9.53 Å². The third-order valence-corrected chi connectivity index (χ3v) is 10.9. The van der Waals surface area contributed by atoms with Gasteiger partial charge in [0.1, 0.15) is 13.3 Å². The van der Waals surface area contributed by atoms with Crippen LogP contribution in [-0.4, -0.2) is 28.2 Å². The zero-order chi connectivity index (χ0) is 28.3. The Hall–Kier alpha value is -3.97. The number of benzene rings is 3. The zero-order valence-electron chi connectivity index (χ0n) is 23.4. The molecule has 1 aromatic heterocycles. The van der Waals surface area contributed by atoms with Gasteiger partial charge in [-0.05, 0) is 59.4 Å². The highest BCUT2D eigenvalue weighted by Crippen LogP contribution is 2.57. The number of aromatic nitrogens is 1. The molecule has 0 radical (unpaired) electrons. The largest absolute Gasteiger partial charge is 0.482 e. The van der Waals surface area contributed by atoms with Crippen molar-refractivity contribution in [2.45, 2.75) is 61.4 Å². The van der Waals surface area contributed by atoms with Crippen LogP contribution in [0.1, 0.15) is 70.9 Å². The molecule has 2 aliphatic carbocycles. The summed E-state index contributed by atoms with van der Waals surface area (Å²) in [5, 5.41) is 2.28. The number of carbonyl (C=O) groups is 1. The molecule has 2 saturated carbocycles. The minimum Gasteiger partial charge on any atom is -0.482 e. The summed E-state index contributed by atoms with van der Waals surface area (Å²) in [5.41, 5.74) is 5.14. The summed E-state index contributed by atoms with van der Waals surface area (Å²) < 4.78 is 8.14. The van der Waals surface area contributed by atoms with Crippen LogP contribution in [0.3, 0.4) is 0 Å². The van der Waals surface area contributed by atoms with Gasteiger partial charge in [0.15, 0.2) is 11.4 Å². The fourth-order valence-electron chi connectivity index (χ4n) is 7.36. The maximum absolute atomic E-state index is 14.4. The van der Waals surface area contributed by atoms with Crippen molar-refractivity contribution in [2.75, 3.05) is 11.7 Å². The lowest BCUT2D eigenvalue weighted by Crippen LogP contribution is -2.63. The molecule has 7 heteroatoms. The van der Waals surface area contributed by atoms with E-state index in [-0.39, 0.29) is 35.8 Å². The third kappa shape index (κ3) is 4.17. The van der Waals surface area contributed by atoms with Crippen LogP contribution in [-0.2, 0) is 12.4 Å². The lowest BCUT2D eigenvalue weighted by molar-refractivity contribution is -0.0498. The van der Waals surface area contributed by atoms with Gasteiger partial charge in [-0.25, -0.2) is 0 Å². The minimum absolute atomic E-state index is 0.115. The van der Waals surface area contributed by atoms with Gasteiger partial charge in [0.25, 0.3) is 5.91 Å². The Kier molecular flexibility index (Phi) is 6.18. The Morgan fingerprint density at radius 1 is 0.857 bits per heavy atom. The molecule has 4 aromatic rings. The van der Waals surface area contributed by atoms with Gasteiger partial charge in [-0.3, -0.25) is 19.3 Å². The number of thioether (sulfide) groups is 1. The number of hydrogen-bond donors (Lipinski definition) is 0. The van der Waals surface area contributed by atoms with Crippen LogP contribution in [0.4, 0.5) is 0 Å². The van der Waals surface area contributed by atoms with E-state index in [2.05, 4.69) is 53.5 Å². The number of amides is 1. The Bertz CT molecular complexity index is 1680. The molecular formula is C35H33N3O3S. The number of rotatable bonds is 5. The van der Waals surface area contributed by atoms with E-state index in [9.17, 15) is 9.59 Å². The van der Waals surface area contributed by atoms with Crippen LogP contribution in [0.5, 0.6) is 5.75 Å². The van der Waals surface area contributed by atoms with Crippen molar-refractivity contribution in [3.8, 4) is 5.75 Å². The highest BCUT2D eigenvalue weighted by Gasteiger charge is 2.53. The van der Waals surface area contributed by atoms with E-state index in [4.69, 9.17) is 4.74 Å². The van der Waals surface area contributed by atoms with Crippen molar-refractivity contribution >= 4 is 17.7 Å². The standard InChI is InChI=1S/C35H33N3O3S/c39-29-15-18-37-32(33(29)41-21-24-9-2-1-3-10-24)34(40)36(26-19-35(20-26)16-8-17-35)23-38(37)31-27-12-5-4-11-25(27)22-42-30-14-7-6-13-28(30)31/h1-7,9-15,18,26,31H,8,16-17,19-23H2/t31-/m0/s1. The summed E-state index contributed by atoms with van der Waals surface area (Å²) in [6.07, 6.45) is 7.65. The number of ether oxygens (including phenoxy) is 1. The predicted molar refractivity (Wildman–Crippen MR) is 164 cm³/mol. The third-order valence-electron chi connectivity index (χ3n) is 9.74. The van der Waals surface area contributed by atoms with Crippen LogP contribution in [0.15, 0.2) is 101 Å². The van der Waals surface area contributed by atoms with E-state index < -0.39 is 0 Å². The lowest BCUT2D eigenvalue weighted by atomic mass is 9.54. The normalized spacial score (nSPS) is 20.6. The molecule has 1 spiro atoms. The first-order valence-electron chi connectivity index (χ1n) is 14.9. The highest BCUT2D eigenvalue weighted by molar-refractivity contribution is 7.98. The minimum atomic E-state index is -0.270. The van der Waals surface area contributed by atoms with E-state index in [1.807, 2.05) is 51.7 Å². The van der Waals surface area contributed by atoms with Gasteiger partial charge >= 0.3 is 0 Å². The number of carbonyl (C=O) groups excluding carboxylic acids is 1. The van der Waals surface area contributed by atoms with Gasteiger partial charge in [-0.15, -0.1) is 11.8 Å². The Labute approximate surface area is 249 Å². The average molecular weight is 576 g/mol. The SMILES string of the molecule is O=C1c2c(OCc3ccccc3)c(=O)ccn2N([C@H]2c3ccccc3CSc3ccccc32)CN1C1CC2(CCC2)C1. The molecule has 0 unspecified atom stereocenters. The molecule has 2 fully saturated rings. The molecule has 0 N–H and O–H groups in total. The Balaban J connectivity index is 1.27. The maximum atomic E-state index is 14.4. The molecule has 3 heterocycles. The second kappa shape index (κ2) is 10.1. The molecule has 1 atom stereocenters. The molecule has 0 saturated heterocycles. The van der Waals surface area contributed by atoms with Gasteiger partial charge in [-0.2, -0.15) is 0 Å². The quantitative estimate of drug-likeness (QED) is 0.272. The maximum Gasteiger partial charge on any atom is 0.278 e. The number of nitrogens with zero attached hydrogens (tertiary/aromatic N) is 3. The second-order valence-corrected chi connectivity index (χ2v) is 13.2. The highest BCUT2D eigenvalue weighted by atomic mass is 32.2. The van der Waals surface area contributed by atoms with Gasteiger partial charge in [0.05, 0.1) is 6.04 Å². The van der Waals surface area contributed by atoms with Crippen LogP contribution >= 0.6 is 11.8 Å². The molecule has 6 nitrogen and oxygen atoms in total. The molecule has 0 bridgehead atoms. The van der Waals surface area contributed by atoms with Crippen LogP contribution in [0.2, 0.25) is 0 Å². The molecule has 4 aliphatic rings. The number of fused-ring (bicyclic) bond motifs is 3. The first-order chi connectivity index (χ1) is 20.6. The fraction of sp³-hybridized carbons (Fsp3) is 0.314. The van der Waals surface area contributed by atoms with Crippen molar-refractivity contribution in [3.63, 3.8) is 0 Å². The second-order valence-electron chi connectivity index (χ2n) is 12.2. The van der Waals surface area contributed by atoms with Gasteiger partial charge in [-0.1, -0.05) is 79.2 Å². The van der Waals surface area contributed by atoms with Crippen molar-refractivity contribution in [3.05, 3.63) is 129 Å². The molecule has 2 aliphatic heterocycles. The first kappa shape index (κ1) is 25.7. The van der Waals surface area contributed by atoms with E-state index in [1.54, 1.807) is 6.20 Å². The van der Waals surface area contributed by atoms with Gasteiger partial charge in [0.2, 0.25) is 5.43 Å². The van der Waals surface area contributed by atoms with E-state index in [0.29, 0.717) is 17.8 Å². The number of hydrogen-bond acceptors (Lipinski definition) is 5. The van der Waals surface area contributed by atoms with Crippen molar-refractivity contribution in [2.24, 2.45) is 5.41 Å². The zero-order valence-corrected chi connectivity index (χ0v) is 24.3. The monoisotopic (exact) mass is 575 g/mol. The molecule has 8 rings (SSSR count). The molecular weight excluding hydrogens is 542 g/mol. The first-order valence-corrected chi connectivity index (χ1v) is 15.9. The van der Waals surface area contributed by atoms with E-state index in [0.717, 1.165) is 24.2 Å². The van der Waals surface area contributed by atoms with Crippen LogP contribution in [0.25, 0.3) is 0 Å². The summed E-state index contributed by atoms with van der Waals surface area (Å²) in [5.74, 6) is 0.896. The topological polar surface area (TPSA) is 54.8 Å². The summed E-state index contributed by atoms with van der Waals surface area (Å²) in [4.78, 5) is 31.0. The molecule has 3 aromatic carbocycles. The number of pyridine rings is 1. The molecule has 212 valence electrons. The van der Waals surface area contributed by atoms with Crippen molar-refractivity contribution in [1.82, 2.24) is 9.58 Å². The van der Waals surface area contributed by atoms with Crippen LogP contribution < -0.4 is 15.2 Å². The van der Waals surface area contributed by atoms with E-state index in [1.165, 1.54) is 46.9 Å². The summed E-state index contributed by atoms with van der Waals surface area (Å²) in [6.45, 7) is 0.671. The molecule has 1 amide bonds. The fourth-order valence-corrected chi connectivity index (χ4v) is 8.45. The van der Waals surface area contributed by atoms with Crippen LogP contribution in [0, 0.1) is 5.41 Å².